The van der Waals surface area contributed by atoms with Crippen molar-refractivity contribution in [3.8, 4) is 0 Å². The van der Waals surface area contributed by atoms with Gasteiger partial charge in [0.05, 0.1) is 6.04 Å². The van der Waals surface area contributed by atoms with Crippen molar-refractivity contribution in [1.82, 2.24) is 4.90 Å². The van der Waals surface area contributed by atoms with Gasteiger partial charge in [0.2, 0.25) is 5.91 Å². The summed E-state index contributed by atoms with van der Waals surface area (Å²) in [4.78, 5) is 14.6. The molecule has 0 aliphatic heterocycles. The first-order valence-electron chi connectivity index (χ1n) is 7.37. The van der Waals surface area contributed by atoms with E-state index in [4.69, 9.17) is 5.73 Å². The van der Waals surface area contributed by atoms with Crippen molar-refractivity contribution in [2.75, 3.05) is 0 Å². The van der Waals surface area contributed by atoms with Gasteiger partial charge < -0.3 is 10.6 Å². The number of hydrogen-bond donors (Lipinski definition) is 1. The summed E-state index contributed by atoms with van der Waals surface area (Å²) in [7, 11) is 0. The van der Waals surface area contributed by atoms with Gasteiger partial charge in [-0.05, 0) is 24.3 Å². The largest absolute Gasteiger partial charge is 0.334 e. The second-order valence-corrected chi connectivity index (χ2v) is 6.55. The van der Waals surface area contributed by atoms with E-state index in [-0.39, 0.29) is 17.4 Å². The smallest absolute Gasteiger partial charge is 0.240 e. The molecule has 2 N–H and O–H groups in total. The van der Waals surface area contributed by atoms with Crippen LogP contribution in [0.5, 0.6) is 0 Å². The SMILES string of the molecule is CCC(C)N(Cc1ccccc1)C(=O)[C@H](N)C(C)(C)C. The third kappa shape index (κ3) is 4.34. The number of carbonyl (C=O) groups excluding carboxylic acids is 1. The average molecular weight is 276 g/mol. The fourth-order valence-corrected chi connectivity index (χ4v) is 2.00. The molecule has 0 saturated carbocycles. The first kappa shape index (κ1) is 16.7. The van der Waals surface area contributed by atoms with Gasteiger partial charge in [-0.3, -0.25) is 4.79 Å². The van der Waals surface area contributed by atoms with E-state index < -0.39 is 6.04 Å². The van der Waals surface area contributed by atoms with E-state index in [1.807, 2.05) is 56.0 Å². The Morgan fingerprint density at radius 2 is 1.80 bits per heavy atom. The Hall–Kier alpha value is -1.35. The number of hydrogen-bond acceptors (Lipinski definition) is 2. The zero-order chi connectivity index (χ0) is 15.3. The van der Waals surface area contributed by atoms with Gasteiger partial charge in [-0.15, -0.1) is 0 Å². The minimum absolute atomic E-state index is 0.0377. The average Bonchev–Trinajstić information content (AvgIpc) is 2.42. The normalized spacial score (nSPS) is 14.7. The molecule has 1 aromatic rings. The summed E-state index contributed by atoms with van der Waals surface area (Å²) in [6.07, 6.45) is 0.926. The second-order valence-electron chi connectivity index (χ2n) is 6.55. The number of carbonyl (C=O) groups is 1. The van der Waals surface area contributed by atoms with Crippen molar-refractivity contribution in [1.29, 1.82) is 0 Å². The molecule has 0 saturated heterocycles. The first-order chi connectivity index (χ1) is 9.27. The van der Waals surface area contributed by atoms with Crippen LogP contribution >= 0.6 is 0 Å². The fourth-order valence-electron chi connectivity index (χ4n) is 2.00. The molecule has 0 fully saturated rings. The van der Waals surface area contributed by atoms with E-state index >= 15 is 0 Å². The predicted octanol–water partition coefficient (Wildman–Crippen LogP) is 3.19. The van der Waals surface area contributed by atoms with Crippen LogP contribution in [0.4, 0.5) is 0 Å². The van der Waals surface area contributed by atoms with Gasteiger partial charge in [0.1, 0.15) is 0 Å². The molecule has 0 aliphatic rings. The van der Waals surface area contributed by atoms with Crippen molar-refractivity contribution in [3.63, 3.8) is 0 Å². The maximum Gasteiger partial charge on any atom is 0.240 e. The highest BCUT2D eigenvalue weighted by Gasteiger charge is 2.32. The van der Waals surface area contributed by atoms with Crippen molar-refractivity contribution >= 4 is 5.91 Å². The Morgan fingerprint density at radius 1 is 1.25 bits per heavy atom. The first-order valence-corrected chi connectivity index (χ1v) is 7.37. The summed E-state index contributed by atoms with van der Waals surface area (Å²) in [5.74, 6) is 0.0377. The number of rotatable bonds is 5. The summed E-state index contributed by atoms with van der Waals surface area (Å²) in [6, 6.07) is 9.80. The lowest BCUT2D eigenvalue weighted by Crippen LogP contribution is -2.52. The zero-order valence-corrected chi connectivity index (χ0v) is 13.4. The van der Waals surface area contributed by atoms with Crippen LogP contribution in [0.25, 0.3) is 0 Å². The molecule has 0 heterocycles. The molecule has 1 amide bonds. The Labute approximate surface area is 123 Å². The fraction of sp³-hybridized carbons (Fsp3) is 0.588. The third-order valence-electron chi connectivity index (χ3n) is 3.80. The number of amides is 1. The molecule has 0 aliphatic carbocycles. The summed E-state index contributed by atoms with van der Waals surface area (Å²) < 4.78 is 0. The Morgan fingerprint density at radius 3 is 2.25 bits per heavy atom. The van der Waals surface area contributed by atoms with E-state index in [1.54, 1.807) is 0 Å². The molecule has 2 atom stereocenters. The predicted molar refractivity (Wildman–Crippen MR) is 84.2 cm³/mol. The highest BCUT2D eigenvalue weighted by molar-refractivity contribution is 5.82. The standard InChI is InChI=1S/C17H28N2O/c1-6-13(2)19(12-14-10-8-7-9-11-14)16(20)15(18)17(3,4)5/h7-11,13,15H,6,12,18H2,1-5H3/t13?,15-/m0/s1. The van der Waals surface area contributed by atoms with E-state index in [2.05, 4.69) is 13.8 Å². The van der Waals surface area contributed by atoms with Gasteiger partial charge in [0, 0.05) is 12.6 Å². The van der Waals surface area contributed by atoms with E-state index in [9.17, 15) is 4.79 Å². The maximum atomic E-state index is 12.7. The van der Waals surface area contributed by atoms with Gasteiger partial charge in [0.25, 0.3) is 0 Å². The highest BCUT2D eigenvalue weighted by atomic mass is 16.2. The summed E-state index contributed by atoms with van der Waals surface area (Å²) in [6.45, 7) is 10.8. The molecule has 1 unspecified atom stereocenters. The van der Waals surface area contributed by atoms with Gasteiger partial charge in [-0.2, -0.15) is 0 Å². The van der Waals surface area contributed by atoms with Gasteiger partial charge in [0.15, 0.2) is 0 Å². The van der Waals surface area contributed by atoms with Crippen molar-refractivity contribution in [2.45, 2.75) is 59.7 Å². The van der Waals surface area contributed by atoms with Gasteiger partial charge in [-0.25, -0.2) is 0 Å². The molecule has 3 nitrogen and oxygen atoms in total. The molecule has 0 bridgehead atoms. The molecular weight excluding hydrogens is 248 g/mol. The van der Waals surface area contributed by atoms with Crippen LogP contribution in [0.2, 0.25) is 0 Å². The molecule has 0 spiro atoms. The molecule has 112 valence electrons. The Balaban J connectivity index is 2.93. The maximum absolute atomic E-state index is 12.7. The Kier molecular flexibility index (Phi) is 5.75. The summed E-state index contributed by atoms with van der Waals surface area (Å²) in [5, 5.41) is 0. The lowest BCUT2D eigenvalue weighted by molar-refractivity contribution is -0.137. The Bertz CT molecular complexity index is 422. The lowest BCUT2D eigenvalue weighted by Gasteiger charge is -2.35. The molecule has 0 aromatic heterocycles. The molecule has 1 rings (SSSR count). The van der Waals surface area contributed by atoms with E-state index in [0.29, 0.717) is 6.54 Å². The van der Waals surface area contributed by atoms with Crippen LogP contribution in [0.1, 0.15) is 46.6 Å². The minimum atomic E-state index is -0.472. The van der Waals surface area contributed by atoms with Crippen LogP contribution in [0.15, 0.2) is 30.3 Å². The molecular formula is C17H28N2O. The van der Waals surface area contributed by atoms with Crippen molar-refractivity contribution in [2.24, 2.45) is 11.1 Å². The molecule has 0 radical (unpaired) electrons. The van der Waals surface area contributed by atoms with Gasteiger partial charge in [-0.1, -0.05) is 58.0 Å². The molecule has 1 aromatic carbocycles. The monoisotopic (exact) mass is 276 g/mol. The van der Waals surface area contributed by atoms with Crippen molar-refractivity contribution in [3.05, 3.63) is 35.9 Å². The number of benzene rings is 1. The minimum Gasteiger partial charge on any atom is -0.334 e. The van der Waals surface area contributed by atoms with Crippen LogP contribution < -0.4 is 5.73 Å². The summed E-state index contributed by atoms with van der Waals surface area (Å²) >= 11 is 0. The number of nitrogens with zero attached hydrogens (tertiary/aromatic N) is 1. The summed E-state index contributed by atoms with van der Waals surface area (Å²) in [5.41, 5.74) is 7.07. The second kappa shape index (κ2) is 6.89. The molecule has 20 heavy (non-hydrogen) atoms. The van der Waals surface area contributed by atoms with Gasteiger partial charge >= 0.3 is 0 Å². The molecule has 3 heteroatoms. The zero-order valence-electron chi connectivity index (χ0n) is 13.4. The van der Waals surface area contributed by atoms with E-state index in [1.165, 1.54) is 0 Å². The van der Waals surface area contributed by atoms with Crippen LogP contribution in [0.3, 0.4) is 0 Å². The number of nitrogens with two attached hydrogens (primary N) is 1. The topological polar surface area (TPSA) is 46.3 Å². The highest BCUT2D eigenvalue weighted by Crippen LogP contribution is 2.21. The quantitative estimate of drug-likeness (QED) is 0.897. The lowest BCUT2D eigenvalue weighted by atomic mass is 9.86. The van der Waals surface area contributed by atoms with Crippen LogP contribution in [-0.4, -0.2) is 22.9 Å². The van der Waals surface area contributed by atoms with Crippen LogP contribution in [-0.2, 0) is 11.3 Å². The van der Waals surface area contributed by atoms with Crippen LogP contribution in [0, 0.1) is 5.41 Å². The van der Waals surface area contributed by atoms with Crippen molar-refractivity contribution < 1.29 is 4.79 Å². The third-order valence-corrected chi connectivity index (χ3v) is 3.80. The van der Waals surface area contributed by atoms with E-state index in [0.717, 1.165) is 12.0 Å².